The molecular formula is C26H19F3N4O3S. The molecule has 0 aliphatic heterocycles. The fourth-order valence-electron chi connectivity index (χ4n) is 4.02. The van der Waals surface area contributed by atoms with E-state index in [9.17, 15) is 22.8 Å². The third kappa shape index (κ3) is 4.65. The van der Waals surface area contributed by atoms with Crippen molar-refractivity contribution in [2.45, 2.75) is 11.3 Å². The third-order valence-corrected chi connectivity index (χ3v) is 6.60. The predicted molar refractivity (Wildman–Crippen MR) is 137 cm³/mol. The number of rotatable bonds is 6. The molecule has 2 aromatic heterocycles. The Morgan fingerprint density at radius 3 is 2.54 bits per heavy atom. The van der Waals surface area contributed by atoms with Gasteiger partial charge in [-0.05, 0) is 30.3 Å². The van der Waals surface area contributed by atoms with Crippen molar-refractivity contribution < 1.29 is 22.7 Å². The molecule has 37 heavy (non-hydrogen) atoms. The molecule has 11 heteroatoms. The largest absolute Gasteiger partial charge is 0.495 e. The molecule has 0 atom stereocenters. The number of halogens is 3. The van der Waals surface area contributed by atoms with Crippen molar-refractivity contribution in [2.24, 2.45) is 0 Å². The van der Waals surface area contributed by atoms with Crippen molar-refractivity contribution in [3.8, 4) is 11.4 Å². The van der Waals surface area contributed by atoms with Crippen molar-refractivity contribution in [1.82, 2.24) is 14.5 Å². The number of hydrogen-bond acceptors (Lipinski definition) is 5. The van der Waals surface area contributed by atoms with Crippen LogP contribution in [0.4, 0.5) is 18.9 Å². The van der Waals surface area contributed by atoms with E-state index in [-0.39, 0.29) is 22.1 Å². The van der Waals surface area contributed by atoms with E-state index >= 15 is 0 Å². The maximum absolute atomic E-state index is 13.7. The number of aromatic amines is 1. The lowest BCUT2D eigenvalue weighted by molar-refractivity contribution is -0.137. The number of carbonyl (C=O) groups excluding carboxylic acids is 1. The standard InChI is InChI=1S/C26H19F3N4O3S/c1-36-20-13-7-6-12-19(20)33-24(35)23-22(15-8-2-4-10-17(15)31-23)32-25(33)37-14-21(34)30-18-11-5-3-9-16(18)26(27,28)29/h2-13,31H,14H2,1H3,(H,30,34). The summed E-state index contributed by atoms with van der Waals surface area (Å²) in [5.74, 6) is -0.560. The first-order chi connectivity index (χ1) is 17.8. The number of thioether (sulfide) groups is 1. The van der Waals surface area contributed by atoms with Crippen molar-refractivity contribution in [3.63, 3.8) is 0 Å². The minimum atomic E-state index is -4.62. The molecule has 5 aromatic rings. The number of aromatic nitrogens is 3. The Balaban J connectivity index is 1.56. The number of hydrogen-bond donors (Lipinski definition) is 2. The van der Waals surface area contributed by atoms with E-state index in [1.54, 1.807) is 24.3 Å². The molecule has 0 saturated carbocycles. The fraction of sp³-hybridized carbons (Fsp3) is 0.115. The number of benzene rings is 3. The van der Waals surface area contributed by atoms with E-state index in [1.807, 2.05) is 24.3 Å². The monoisotopic (exact) mass is 524 g/mol. The summed E-state index contributed by atoms with van der Waals surface area (Å²) in [6, 6.07) is 18.9. The van der Waals surface area contributed by atoms with Crippen molar-refractivity contribution >= 4 is 45.3 Å². The summed E-state index contributed by atoms with van der Waals surface area (Å²) in [4.78, 5) is 34.2. The average molecular weight is 525 g/mol. The first-order valence-corrected chi connectivity index (χ1v) is 12.0. The maximum atomic E-state index is 13.7. The smallest absolute Gasteiger partial charge is 0.418 e. The first-order valence-electron chi connectivity index (χ1n) is 11.0. The third-order valence-electron chi connectivity index (χ3n) is 5.66. The number of amides is 1. The fourth-order valence-corrected chi connectivity index (χ4v) is 4.82. The normalized spacial score (nSPS) is 11.7. The molecule has 188 valence electrons. The Hall–Kier alpha value is -4.25. The van der Waals surface area contributed by atoms with Gasteiger partial charge in [0.15, 0.2) is 5.16 Å². The molecule has 0 unspecified atom stereocenters. The number of ether oxygens (including phenoxy) is 1. The Morgan fingerprint density at radius 1 is 1.05 bits per heavy atom. The summed E-state index contributed by atoms with van der Waals surface area (Å²) >= 11 is 0.932. The molecule has 0 aliphatic carbocycles. The molecule has 0 aliphatic rings. The molecule has 0 radical (unpaired) electrons. The van der Waals surface area contributed by atoms with E-state index in [0.29, 0.717) is 17.0 Å². The van der Waals surface area contributed by atoms with Crippen LogP contribution in [0.1, 0.15) is 5.56 Å². The molecule has 0 bridgehead atoms. The van der Waals surface area contributed by atoms with Gasteiger partial charge in [-0.3, -0.25) is 9.59 Å². The van der Waals surface area contributed by atoms with Crippen LogP contribution >= 0.6 is 11.8 Å². The summed E-state index contributed by atoms with van der Waals surface area (Å²) < 4.78 is 46.8. The van der Waals surface area contributed by atoms with Crippen LogP contribution in [-0.4, -0.2) is 33.3 Å². The van der Waals surface area contributed by atoms with Gasteiger partial charge in [0, 0.05) is 10.9 Å². The summed E-state index contributed by atoms with van der Waals surface area (Å²) in [5, 5.41) is 3.23. The molecule has 3 aromatic carbocycles. The number of nitrogens with zero attached hydrogens (tertiary/aromatic N) is 2. The van der Waals surface area contributed by atoms with Crippen LogP contribution in [0.3, 0.4) is 0 Å². The van der Waals surface area contributed by atoms with Gasteiger partial charge in [-0.1, -0.05) is 54.2 Å². The lowest BCUT2D eigenvalue weighted by Crippen LogP contribution is -2.23. The molecular weight excluding hydrogens is 505 g/mol. The highest BCUT2D eigenvalue weighted by atomic mass is 32.2. The number of carbonyl (C=O) groups is 1. The molecule has 1 amide bonds. The van der Waals surface area contributed by atoms with E-state index in [4.69, 9.17) is 9.72 Å². The Bertz CT molecular complexity index is 1690. The van der Waals surface area contributed by atoms with Gasteiger partial charge in [0.2, 0.25) is 5.91 Å². The highest BCUT2D eigenvalue weighted by molar-refractivity contribution is 7.99. The summed E-state index contributed by atoms with van der Waals surface area (Å²) in [5.41, 5.74) is 0.138. The number of fused-ring (bicyclic) bond motifs is 3. The zero-order chi connectivity index (χ0) is 26.2. The van der Waals surface area contributed by atoms with Gasteiger partial charge < -0.3 is 15.0 Å². The van der Waals surface area contributed by atoms with Crippen LogP contribution in [0.15, 0.2) is 82.7 Å². The molecule has 5 rings (SSSR count). The molecule has 0 saturated heterocycles. The summed E-state index contributed by atoms with van der Waals surface area (Å²) in [6.07, 6.45) is -4.62. The van der Waals surface area contributed by atoms with Crippen LogP contribution in [0.2, 0.25) is 0 Å². The van der Waals surface area contributed by atoms with Crippen LogP contribution in [0.5, 0.6) is 5.75 Å². The zero-order valence-corrected chi connectivity index (χ0v) is 20.1. The lowest BCUT2D eigenvalue weighted by Gasteiger charge is -2.15. The Kier molecular flexibility index (Phi) is 6.38. The minimum absolute atomic E-state index is 0.186. The van der Waals surface area contributed by atoms with Crippen LogP contribution < -0.4 is 15.6 Å². The molecule has 2 N–H and O–H groups in total. The van der Waals surface area contributed by atoms with Gasteiger partial charge in [0.25, 0.3) is 5.56 Å². The van der Waals surface area contributed by atoms with Gasteiger partial charge >= 0.3 is 6.18 Å². The van der Waals surface area contributed by atoms with E-state index in [1.165, 1.54) is 29.9 Å². The van der Waals surface area contributed by atoms with Gasteiger partial charge in [-0.15, -0.1) is 0 Å². The second kappa shape index (κ2) is 9.66. The number of nitrogens with one attached hydrogen (secondary N) is 2. The highest BCUT2D eigenvalue weighted by Gasteiger charge is 2.33. The second-order valence-corrected chi connectivity index (χ2v) is 8.92. The predicted octanol–water partition coefficient (Wildman–Crippen LogP) is 5.63. The van der Waals surface area contributed by atoms with Gasteiger partial charge in [-0.25, -0.2) is 9.55 Å². The number of para-hydroxylation sites is 4. The SMILES string of the molecule is COc1ccccc1-n1c(SCC(=O)Nc2ccccc2C(F)(F)F)nc2c([nH]c3ccccc32)c1=O. The number of methoxy groups -OCH3 is 1. The lowest BCUT2D eigenvalue weighted by atomic mass is 10.1. The van der Waals surface area contributed by atoms with E-state index in [2.05, 4.69) is 10.3 Å². The maximum Gasteiger partial charge on any atom is 0.418 e. The Labute approximate surface area is 212 Å². The number of alkyl halides is 3. The quantitative estimate of drug-likeness (QED) is 0.222. The van der Waals surface area contributed by atoms with Crippen molar-refractivity contribution in [2.75, 3.05) is 18.2 Å². The van der Waals surface area contributed by atoms with Crippen LogP contribution in [0, 0.1) is 0 Å². The van der Waals surface area contributed by atoms with Gasteiger partial charge in [0.05, 0.1) is 29.8 Å². The summed E-state index contributed by atoms with van der Waals surface area (Å²) in [7, 11) is 1.47. The van der Waals surface area contributed by atoms with E-state index < -0.39 is 23.2 Å². The molecule has 0 fully saturated rings. The van der Waals surface area contributed by atoms with Crippen molar-refractivity contribution in [3.05, 3.63) is 88.7 Å². The topological polar surface area (TPSA) is 89.0 Å². The average Bonchev–Trinajstić information content (AvgIpc) is 3.26. The molecule has 7 nitrogen and oxygen atoms in total. The summed E-state index contributed by atoms with van der Waals surface area (Å²) in [6.45, 7) is 0. The minimum Gasteiger partial charge on any atom is -0.495 e. The molecule has 0 spiro atoms. The van der Waals surface area contributed by atoms with Gasteiger partial charge in [0.1, 0.15) is 16.8 Å². The van der Waals surface area contributed by atoms with Crippen molar-refractivity contribution in [1.29, 1.82) is 0 Å². The Morgan fingerprint density at radius 2 is 1.76 bits per heavy atom. The number of anilines is 1. The van der Waals surface area contributed by atoms with Gasteiger partial charge in [-0.2, -0.15) is 13.2 Å². The zero-order valence-electron chi connectivity index (χ0n) is 19.3. The second-order valence-electron chi connectivity index (χ2n) is 7.98. The first kappa shape index (κ1) is 24.4. The number of H-pyrrole nitrogens is 1. The van der Waals surface area contributed by atoms with Crippen LogP contribution in [-0.2, 0) is 11.0 Å². The molecule has 2 heterocycles. The van der Waals surface area contributed by atoms with Crippen LogP contribution in [0.25, 0.3) is 27.6 Å². The van der Waals surface area contributed by atoms with E-state index in [0.717, 1.165) is 28.7 Å². The highest BCUT2D eigenvalue weighted by Crippen LogP contribution is 2.35.